The molecule has 8 nitrogen and oxygen atoms in total. The number of ether oxygens (including phenoxy) is 2. The Morgan fingerprint density at radius 3 is 2.43 bits per heavy atom. The first-order chi connectivity index (χ1) is 14.2. The second kappa shape index (κ2) is 8.67. The van der Waals surface area contributed by atoms with Crippen LogP contribution in [0, 0.1) is 12.7 Å². The van der Waals surface area contributed by atoms with E-state index in [1.165, 1.54) is 14.2 Å². The number of benzene rings is 2. The number of carbonyl (C=O) groups is 1. The van der Waals surface area contributed by atoms with Crippen LogP contribution in [0.2, 0.25) is 0 Å². The highest BCUT2D eigenvalue weighted by atomic mass is 32.2. The fourth-order valence-corrected chi connectivity index (χ4v) is 4.62. The van der Waals surface area contributed by atoms with Crippen molar-refractivity contribution >= 4 is 38.1 Å². The van der Waals surface area contributed by atoms with Gasteiger partial charge in [-0.25, -0.2) is 17.8 Å². The van der Waals surface area contributed by atoms with E-state index in [1.807, 2.05) is 0 Å². The van der Waals surface area contributed by atoms with E-state index in [0.717, 1.165) is 35.6 Å². The second-order valence-corrected chi connectivity index (χ2v) is 8.69. The molecule has 0 saturated heterocycles. The van der Waals surface area contributed by atoms with E-state index < -0.39 is 21.7 Å². The Kier molecular flexibility index (Phi) is 6.22. The van der Waals surface area contributed by atoms with E-state index in [4.69, 9.17) is 9.47 Å². The number of halogens is 1. The van der Waals surface area contributed by atoms with Crippen molar-refractivity contribution in [1.29, 1.82) is 0 Å². The van der Waals surface area contributed by atoms with Gasteiger partial charge in [-0.1, -0.05) is 11.3 Å². The summed E-state index contributed by atoms with van der Waals surface area (Å²) in [6.07, 6.45) is 0. The number of aromatic nitrogens is 1. The highest BCUT2D eigenvalue weighted by Crippen LogP contribution is 2.31. The zero-order valence-corrected chi connectivity index (χ0v) is 17.9. The molecule has 158 valence electrons. The van der Waals surface area contributed by atoms with Crippen LogP contribution in [0.5, 0.6) is 11.5 Å². The number of rotatable bonds is 7. The predicted molar refractivity (Wildman–Crippen MR) is 112 cm³/mol. The number of nitrogens with one attached hydrogen (secondary N) is 2. The highest BCUT2D eigenvalue weighted by molar-refractivity contribution is 7.93. The van der Waals surface area contributed by atoms with Crippen molar-refractivity contribution < 1.29 is 27.1 Å². The maximum atomic E-state index is 13.0. The Morgan fingerprint density at radius 2 is 1.80 bits per heavy atom. The lowest BCUT2D eigenvalue weighted by atomic mass is 10.2. The fourth-order valence-electron chi connectivity index (χ4n) is 2.52. The Labute approximate surface area is 176 Å². The maximum absolute atomic E-state index is 13.0. The number of sulfonamides is 1. The number of methoxy groups -OCH3 is 2. The Balaban J connectivity index is 1.80. The summed E-state index contributed by atoms with van der Waals surface area (Å²) in [5.74, 6) is -0.0499. The number of thiazole rings is 1. The van der Waals surface area contributed by atoms with Crippen molar-refractivity contribution in [3.8, 4) is 11.5 Å². The molecule has 0 bridgehead atoms. The number of nitrogens with zero attached hydrogens (tertiary/aromatic N) is 1. The quantitative estimate of drug-likeness (QED) is 0.568. The molecule has 2 N–H and O–H groups in total. The number of hydrogen-bond donors (Lipinski definition) is 2. The van der Waals surface area contributed by atoms with Crippen LogP contribution < -0.4 is 19.5 Å². The fraction of sp³-hybridized carbons (Fsp3) is 0.158. The Hall–Kier alpha value is -3.18. The zero-order valence-electron chi connectivity index (χ0n) is 16.2. The summed E-state index contributed by atoms with van der Waals surface area (Å²) in [6, 6.07) is 9.29. The molecule has 2 aromatic carbocycles. The van der Waals surface area contributed by atoms with Crippen molar-refractivity contribution in [2.45, 2.75) is 11.8 Å². The molecule has 0 aliphatic heterocycles. The number of anilines is 2. The first-order valence-corrected chi connectivity index (χ1v) is 10.8. The van der Waals surface area contributed by atoms with Crippen LogP contribution in [0.25, 0.3) is 0 Å². The molecule has 1 amide bonds. The van der Waals surface area contributed by atoms with Crippen LogP contribution in [0.1, 0.15) is 15.4 Å². The molecule has 1 heterocycles. The molecule has 0 aliphatic carbocycles. The summed E-state index contributed by atoms with van der Waals surface area (Å²) in [5, 5.41) is 2.73. The molecule has 0 aliphatic rings. The van der Waals surface area contributed by atoms with Crippen molar-refractivity contribution in [2.24, 2.45) is 0 Å². The van der Waals surface area contributed by atoms with Gasteiger partial charge in [0.25, 0.3) is 15.9 Å². The molecule has 0 spiro atoms. The van der Waals surface area contributed by atoms with E-state index in [1.54, 1.807) is 25.1 Å². The van der Waals surface area contributed by atoms with Crippen LogP contribution >= 0.6 is 11.3 Å². The van der Waals surface area contributed by atoms with E-state index >= 15 is 0 Å². The predicted octanol–water partition coefficient (Wildman–Crippen LogP) is 3.66. The first kappa shape index (κ1) is 21.5. The van der Waals surface area contributed by atoms with Gasteiger partial charge >= 0.3 is 0 Å². The standard InChI is InChI=1S/C19H18FN3O5S2/c1-11-17(18(24)22-15-9-6-13(27-2)10-16(15)28-3)29-19(21-11)23-30(25,26)14-7-4-12(20)5-8-14/h4-10H,1-3H3,(H,21,23)(H,22,24). The largest absolute Gasteiger partial charge is 0.497 e. The second-order valence-electron chi connectivity index (χ2n) is 6.01. The van der Waals surface area contributed by atoms with Gasteiger partial charge in [-0.05, 0) is 43.3 Å². The number of hydrogen-bond acceptors (Lipinski definition) is 7. The molecule has 11 heteroatoms. The van der Waals surface area contributed by atoms with Crippen LogP contribution in [0.15, 0.2) is 47.4 Å². The molecule has 3 aromatic rings. The number of carbonyl (C=O) groups excluding carboxylic acids is 1. The molecule has 0 fully saturated rings. The average Bonchev–Trinajstić information content (AvgIpc) is 3.08. The molecular formula is C19H18FN3O5S2. The lowest BCUT2D eigenvalue weighted by Gasteiger charge is -2.11. The highest BCUT2D eigenvalue weighted by Gasteiger charge is 2.21. The molecule has 0 radical (unpaired) electrons. The van der Waals surface area contributed by atoms with Crippen LogP contribution in [-0.4, -0.2) is 33.5 Å². The topological polar surface area (TPSA) is 107 Å². The van der Waals surface area contributed by atoms with Gasteiger partial charge in [-0.15, -0.1) is 0 Å². The summed E-state index contributed by atoms with van der Waals surface area (Å²) >= 11 is 0.880. The minimum absolute atomic E-state index is 0.0173. The van der Waals surface area contributed by atoms with E-state index in [-0.39, 0.29) is 14.9 Å². The molecule has 0 unspecified atom stereocenters. The maximum Gasteiger partial charge on any atom is 0.267 e. The normalized spacial score (nSPS) is 11.1. The van der Waals surface area contributed by atoms with Crippen LogP contribution in [-0.2, 0) is 10.0 Å². The molecule has 0 saturated carbocycles. The van der Waals surface area contributed by atoms with Gasteiger partial charge in [0, 0.05) is 6.07 Å². The Morgan fingerprint density at radius 1 is 1.10 bits per heavy atom. The van der Waals surface area contributed by atoms with E-state index in [0.29, 0.717) is 22.9 Å². The molecule has 0 atom stereocenters. The Bertz CT molecular complexity index is 1180. The van der Waals surface area contributed by atoms with Crippen molar-refractivity contribution in [3.63, 3.8) is 0 Å². The lowest BCUT2D eigenvalue weighted by Crippen LogP contribution is -2.12. The van der Waals surface area contributed by atoms with E-state index in [9.17, 15) is 17.6 Å². The van der Waals surface area contributed by atoms with Crippen LogP contribution in [0.3, 0.4) is 0 Å². The van der Waals surface area contributed by atoms with Crippen molar-refractivity contribution in [3.05, 3.63) is 58.9 Å². The molecular weight excluding hydrogens is 433 g/mol. The van der Waals surface area contributed by atoms with Gasteiger partial charge in [0.05, 0.1) is 30.5 Å². The smallest absolute Gasteiger partial charge is 0.267 e. The lowest BCUT2D eigenvalue weighted by molar-refractivity contribution is 0.102. The SMILES string of the molecule is COc1ccc(NC(=O)c2sc(NS(=O)(=O)c3ccc(F)cc3)nc2C)c(OC)c1. The van der Waals surface area contributed by atoms with Crippen molar-refractivity contribution in [2.75, 3.05) is 24.3 Å². The van der Waals surface area contributed by atoms with Gasteiger partial charge in [-0.3, -0.25) is 9.52 Å². The third-order valence-electron chi connectivity index (χ3n) is 4.01. The summed E-state index contributed by atoms with van der Waals surface area (Å²) in [7, 11) is -0.992. The minimum atomic E-state index is -3.97. The average molecular weight is 452 g/mol. The summed E-state index contributed by atoms with van der Waals surface area (Å²) in [5.41, 5.74) is 0.770. The third-order valence-corrected chi connectivity index (χ3v) is 6.56. The summed E-state index contributed by atoms with van der Waals surface area (Å²) in [4.78, 5) is 16.9. The molecule has 30 heavy (non-hydrogen) atoms. The minimum Gasteiger partial charge on any atom is -0.497 e. The van der Waals surface area contributed by atoms with Gasteiger partial charge < -0.3 is 14.8 Å². The number of aryl methyl sites for hydroxylation is 1. The van der Waals surface area contributed by atoms with Gasteiger partial charge in [-0.2, -0.15) is 0 Å². The molecule has 3 rings (SSSR count). The zero-order chi connectivity index (χ0) is 21.9. The van der Waals surface area contributed by atoms with Gasteiger partial charge in [0.1, 0.15) is 22.2 Å². The van der Waals surface area contributed by atoms with Gasteiger partial charge in [0.2, 0.25) is 0 Å². The first-order valence-electron chi connectivity index (χ1n) is 8.52. The summed E-state index contributed by atoms with van der Waals surface area (Å²) in [6.45, 7) is 1.59. The third kappa shape index (κ3) is 4.69. The van der Waals surface area contributed by atoms with Crippen LogP contribution in [0.4, 0.5) is 15.2 Å². The molecule has 1 aromatic heterocycles. The summed E-state index contributed by atoms with van der Waals surface area (Å²) < 4.78 is 50.6. The van der Waals surface area contributed by atoms with Crippen molar-refractivity contribution in [1.82, 2.24) is 4.98 Å². The number of amides is 1. The van der Waals surface area contributed by atoms with E-state index in [2.05, 4.69) is 15.0 Å². The van der Waals surface area contributed by atoms with Gasteiger partial charge in [0.15, 0.2) is 5.13 Å². The monoisotopic (exact) mass is 451 g/mol.